The number of nitrogens with one attached hydrogen (secondary N) is 3. The first-order chi connectivity index (χ1) is 49.0. The second kappa shape index (κ2) is 33.2. The third kappa shape index (κ3) is 19.6. The molecule has 12 rings (SSSR count). The minimum absolute atomic E-state index is 0.0424. The van der Waals surface area contributed by atoms with E-state index in [0.717, 1.165) is 91.0 Å². The zero-order valence-corrected chi connectivity index (χ0v) is 58.9. The summed E-state index contributed by atoms with van der Waals surface area (Å²) in [5.41, 5.74) is 24.6. The Bertz CT molecular complexity index is 4520. The fourth-order valence-electron chi connectivity index (χ4n) is 13.4. The van der Waals surface area contributed by atoms with Crippen molar-refractivity contribution >= 4 is 90.4 Å². The SMILES string of the molecule is CS(=O)(=O)c1ccc(Cc2nc(N3CCCC(N)C3)cnc2C(N)=O)cc1.CS(=O)(=O)c1ccc(Cc2nc(N3CCCC(NC(=O)CCCCc4ccc5c(c4)C(=O)N(C4CCC(=O)NC4=O)C5)C3)cnc2C(N)=O)cc1.O=C(O)CCCCc1ccc2c(c1)C(=O)N(C1CCC(=O)NC1=O)C2. The number of fused-ring (bicyclic) bond motifs is 2. The van der Waals surface area contributed by atoms with Crippen molar-refractivity contribution in [2.75, 3.05) is 48.5 Å². The number of hydrogen-bond acceptors (Lipinski definition) is 21. The monoisotopic (exact) mass is 1450 g/mol. The number of rotatable bonds is 23. The van der Waals surface area contributed by atoms with E-state index >= 15 is 0 Å². The van der Waals surface area contributed by atoms with Crippen molar-refractivity contribution in [1.82, 2.24) is 45.7 Å². The minimum Gasteiger partial charge on any atom is -0.481 e. The number of piperidine rings is 4. The number of imide groups is 2. The molecule has 0 bridgehead atoms. The summed E-state index contributed by atoms with van der Waals surface area (Å²) >= 11 is 0. The number of amides is 9. The predicted molar refractivity (Wildman–Crippen MR) is 376 cm³/mol. The molecule has 4 unspecified atom stereocenters. The van der Waals surface area contributed by atoms with Crippen molar-refractivity contribution in [3.8, 4) is 0 Å². The summed E-state index contributed by atoms with van der Waals surface area (Å²) in [5, 5.41) is 16.4. The lowest BCUT2D eigenvalue weighted by Crippen LogP contribution is -2.52. The maximum atomic E-state index is 13.1. The van der Waals surface area contributed by atoms with Gasteiger partial charge in [0.05, 0.1) is 33.6 Å². The van der Waals surface area contributed by atoms with Crippen molar-refractivity contribution in [3.63, 3.8) is 0 Å². The van der Waals surface area contributed by atoms with E-state index in [9.17, 15) is 64.8 Å². The van der Waals surface area contributed by atoms with Crippen LogP contribution < -0.4 is 43.0 Å². The Morgan fingerprint density at radius 1 is 0.563 bits per heavy atom. The van der Waals surface area contributed by atoms with Crippen LogP contribution in [-0.2, 0) is 87.2 Å². The number of nitrogens with zero attached hydrogens (tertiary/aromatic N) is 8. The zero-order chi connectivity index (χ0) is 73.9. The van der Waals surface area contributed by atoms with Gasteiger partial charge in [0.2, 0.25) is 29.5 Å². The molecule has 103 heavy (non-hydrogen) atoms. The van der Waals surface area contributed by atoms with Crippen LogP contribution in [0, 0.1) is 0 Å². The first-order valence-electron chi connectivity index (χ1n) is 34.2. The van der Waals surface area contributed by atoms with E-state index in [2.05, 4.69) is 35.8 Å². The molecule has 6 aliphatic heterocycles. The van der Waals surface area contributed by atoms with Gasteiger partial charge in [-0.3, -0.25) is 58.6 Å². The quantitative estimate of drug-likeness (QED) is 0.0356. The Balaban J connectivity index is 0.000000184. The Morgan fingerprint density at radius 2 is 0.990 bits per heavy atom. The molecule has 10 N–H and O–H groups in total. The van der Waals surface area contributed by atoms with Crippen LogP contribution in [0.3, 0.4) is 0 Å². The van der Waals surface area contributed by atoms with Crippen molar-refractivity contribution in [3.05, 3.63) is 165 Å². The van der Waals surface area contributed by atoms with Crippen LogP contribution in [0.1, 0.15) is 176 Å². The fourth-order valence-corrected chi connectivity index (χ4v) is 14.7. The second-order valence-electron chi connectivity index (χ2n) is 26.8. The van der Waals surface area contributed by atoms with Crippen LogP contribution in [0.2, 0.25) is 0 Å². The number of aromatic nitrogens is 4. The van der Waals surface area contributed by atoms with Gasteiger partial charge in [0.1, 0.15) is 35.1 Å². The zero-order valence-electron chi connectivity index (χ0n) is 57.3. The van der Waals surface area contributed by atoms with Crippen LogP contribution in [-0.4, -0.2) is 174 Å². The van der Waals surface area contributed by atoms with E-state index in [4.69, 9.17) is 27.3 Å². The molecule has 544 valence electrons. The summed E-state index contributed by atoms with van der Waals surface area (Å²) in [5.74, 6) is -2.80. The topological polar surface area (TPSA) is 438 Å². The van der Waals surface area contributed by atoms with Gasteiger partial charge in [-0.2, -0.15) is 0 Å². The Hall–Kier alpha value is -10.4. The number of carbonyl (C=O) groups excluding carboxylic acids is 9. The summed E-state index contributed by atoms with van der Waals surface area (Å²) in [6.07, 6.45) is 15.3. The number of benzene rings is 4. The predicted octanol–water partition coefficient (Wildman–Crippen LogP) is 3.57. The highest BCUT2D eigenvalue weighted by Gasteiger charge is 2.41. The summed E-state index contributed by atoms with van der Waals surface area (Å²) in [6, 6.07) is 23.1. The Morgan fingerprint density at radius 3 is 1.41 bits per heavy atom. The average molecular weight is 1450 g/mol. The third-order valence-electron chi connectivity index (χ3n) is 18.9. The highest BCUT2D eigenvalue weighted by atomic mass is 32.2. The van der Waals surface area contributed by atoms with E-state index in [1.807, 2.05) is 41.3 Å². The lowest BCUT2D eigenvalue weighted by molar-refractivity contribution is -0.138. The number of primary amides is 2. The minimum atomic E-state index is -3.35. The number of unbranched alkanes of at least 4 members (excludes halogenated alkanes) is 2. The molecule has 6 aliphatic rings. The van der Waals surface area contributed by atoms with Crippen LogP contribution in [0.4, 0.5) is 11.6 Å². The number of hydrogen-bond donors (Lipinski definition) is 7. The largest absolute Gasteiger partial charge is 0.481 e. The third-order valence-corrected chi connectivity index (χ3v) is 21.1. The summed E-state index contributed by atoms with van der Waals surface area (Å²) < 4.78 is 46.9. The van der Waals surface area contributed by atoms with Gasteiger partial charge in [0, 0.05) is 114 Å². The molecular weight excluding hydrogens is 1370 g/mol. The summed E-state index contributed by atoms with van der Waals surface area (Å²) in [6.45, 7) is 3.47. The Labute approximate surface area is 596 Å². The lowest BCUT2D eigenvalue weighted by Gasteiger charge is -2.34. The molecule has 0 radical (unpaired) electrons. The summed E-state index contributed by atoms with van der Waals surface area (Å²) in [7, 11) is -6.61. The maximum Gasteiger partial charge on any atom is 0.303 e. The van der Waals surface area contributed by atoms with Crippen molar-refractivity contribution in [2.45, 2.75) is 163 Å². The number of sulfone groups is 2. The molecule has 6 aromatic rings. The van der Waals surface area contributed by atoms with Crippen LogP contribution in [0.25, 0.3) is 0 Å². The number of aliphatic carboxylic acids is 1. The molecule has 9 amide bonds. The number of carboxylic acid groups (broad SMARTS) is 1. The summed E-state index contributed by atoms with van der Waals surface area (Å²) in [4.78, 5) is 146. The standard InChI is InChI=1S/C36H41N7O7S.C18H23N5O3S.C18H20N2O5/c1-51(49,50)26-12-9-23(10-13-26)18-28-33(34(37)46)38-19-30(40-28)42-16-4-6-25(21-42)39-31(44)7-3-2-5-22-8-11-24-20-43(36(48)27(24)17-22)29-14-15-32(45)41-35(29)47;1-27(25,26)14-6-4-12(5-7-14)9-15-17(18(20)24)21-10-16(22-15)23-8-2-3-13(19)11-23;21-15-8-7-14(17(24)19-15)20-10-12-6-5-11(9-13(12)18(20)25)3-1-2-4-16(22)23/h8-13,17,19,25,29H,2-7,14-16,18,20-21H2,1H3,(H2,37,46)(H,39,44)(H,41,45,47);4-7,10,13H,2-3,8-9,11,19H2,1H3,(H2,20,24);5-6,9,14H,1-4,7-8,10H2,(H,22,23)(H,19,21,24). The van der Waals surface area contributed by atoms with E-state index in [-0.39, 0.29) is 88.5 Å². The number of carboxylic acids is 1. The Kier molecular flexibility index (Phi) is 24.2. The molecule has 29 nitrogen and oxygen atoms in total. The van der Waals surface area contributed by atoms with Gasteiger partial charge in [-0.15, -0.1) is 0 Å². The highest BCUT2D eigenvalue weighted by molar-refractivity contribution is 7.91. The van der Waals surface area contributed by atoms with Crippen LogP contribution in [0.5, 0.6) is 0 Å². The molecule has 0 aliphatic carbocycles. The molecular formula is C72H84N14O15S2. The van der Waals surface area contributed by atoms with E-state index in [1.54, 1.807) is 35.4 Å². The van der Waals surface area contributed by atoms with Gasteiger partial charge in [0.15, 0.2) is 19.7 Å². The molecule has 31 heteroatoms. The van der Waals surface area contributed by atoms with Gasteiger partial charge in [-0.25, -0.2) is 36.8 Å². The van der Waals surface area contributed by atoms with E-state index < -0.39 is 61.4 Å². The van der Waals surface area contributed by atoms with E-state index in [1.165, 1.54) is 35.4 Å². The van der Waals surface area contributed by atoms with Gasteiger partial charge in [-0.1, -0.05) is 48.5 Å². The lowest BCUT2D eigenvalue weighted by atomic mass is 10.0. The van der Waals surface area contributed by atoms with Crippen LogP contribution in [0.15, 0.2) is 107 Å². The average Bonchev–Trinajstić information content (AvgIpc) is 1.66. The van der Waals surface area contributed by atoms with Crippen LogP contribution >= 0.6 is 0 Å². The van der Waals surface area contributed by atoms with Crippen molar-refractivity contribution in [2.24, 2.45) is 17.2 Å². The number of anilines is 2. The maximum absolute atomic E-state index is 13.1. The second-order valence-corrected chi connectivity index (χ2v) is 30.8. The number of aryl methyl sites for hydroxylation is 2. The molecule has 4 aromatic carbocycles. The van der Waals surface area contributed by atoms with Crippen molar-refractivity contribution in [1.29, 1.82) is 0 Å². The fraction of sp³-hybridized carbons (Fsp3) is 0.417. The molecule has 0 saturated carbocycles. The highest BCUT2D eigenvalue weighted by Crippen LogP contribution is 2.32. The molecule has 8 heterocycles. The smallest absolute Gasteiger partial charge is 0.303 e. The molecule has 4 atom stereocenters. The van der Waals surface area contributed by atoms with Gasteiger partial charge < -0.3 is 47.2 Å². The molecule has 0 spiro atoms. The number of carbonyl (C=O) groups is 10. The molecule has 4 fully saturated rings. The van der Waals surface area contributed by atoms with Gasteiger partial charge in [0.25, 0.3) is 23.6 Å². The molecule has 4 saturated heterocycles. The van der Waals surface area contributed by atoms with Crippen molar-refractivity contribution < 1.29 is 69.9 Å². The first kappa shape index (κ1) is 75.3. The van der Waals surface area contributed by atoms with Gasteiger partial charge >= 0.3 is 5.97 Å². The van der Waals surface area contributed by atoms with Gasteiger partial charge in [-0.05, 0) is 147 Å². The van der Waals surface area contributed by atoms with E-state index in [0.29, 0.717) is 118 Å². The molecule has 2 aromatic heterocycles. The normalized spacial score (nSPS) is 18.9. The first-order valence-corrected chi connectivity index (χ1v) is 38.0. The number of nitrogens with two attached hydrogens (primary N) is 3.